The number of piperazine rings is 1. The molecule has 1 fully saturated rings. The van der Waals surface area contributed by atoms with Gasteiger partial charge >= 0.3 is 0 Å². The zero-order chi connectivity index (χ0) is 14.5. The Kier molecular flexibility index (Phi) is 5.49. The minimum atomic E-state index is -2.26. The fraction of sp³-hybridized carbons (Fsp3) is 0.625. The van der Waals surface area contributed by atoms with Crippen molar-refractivity contribution in [2.45, 2.75) is 38.7 Å². The van der Waals surface area contributed by atoms with Crippen molar-refractivity contribution in [3.05, 3.63) is 35.4 Å². The summed E-state index contributed by atoms with van der Waals surface area (Å²) in [6.45, 7) is 7.71. The van der Waals surface area contributed by atoms with Gasteiger partial charge in [-0.25, -0.2) is 8.78 Å². The lowest BCUT2D eigenvalue weighted by atomic mass is 9.96. The minimum absolute atomic E-state index is 0.0823. The molecule has 0 amide bonds. The summed E-state index contributed by atoms with van der Waals surface area (Å²) in [6, 6.07) is 8.01. The van der Waals surface area contributed by atoms with Gasteiger partial charge in [0.15, 0.2) is 0 Å². The first-order valence-corrected chi connectivity index (χ1v) is 7.40. The summed E-state index contributed by atoms with van der Waals surface area (Å²) in [4.78, 5) is 2.17. The van der Waals surface area contributed by atoms with Crippen molar-refractivity contribution in [3.63, 3.8) is 0 Å². The van der Waals surface area contributed by atoms with E-state index in [-0.39, 0.29) is 12.5 Å². The predicted molar refractivity (Wildman–Crippen MR) is 78.3 cm³/mol. The molecule has 0 bridgehead atoms. The van der Waals surface area contributed by atoms with Crippen LogP contribution in [0.5, 0.6) is 0 Å². The van der Waals surface area contributed by atoms with Gasteiger partial charge in [-0.2, -0.15) is 0 Å². The van der Waals surface area contributed by atoms with Gasteiger partial charge in [-0.05, 0) is 17.0 Å². The molecule has 0 aliphatic carbocycles. The van der Waals surface area contributed by atoms with Crippen LogP contribution in [0.3, 0.4) is 0 Å². The Hall–Kier alpha value is -1.00. The third kappa shape index (κ3) is 4.00. The molecule has 112 valence electrons. The lowest BCUT2D eigenvalue weighted by molar-refractivity contribution is 0.0739. The molecule has 0 radical (unpaired) electrons. The quantitative estimate of drug-likeness (QED) is 0.890. The molecule has 0 unspecified atom stereocenters. The summed E-state index contributed by atoms with van der Waals surface area (Å²) in [7, 11) is 0. The van der Waals surface area contributed by atoms with E-state index >= 15 is 0 Å². The fourth-order valence-electron chi connectivity index (χ4n) is 2.76. The third-order valence-electron chi connectivity index (χ3n) is 3.98. The number of alkyl halides is 2. The molecule has 1 N–H and O–H groups in total. The number of benzene rings is 1. The zero-order valence-electron chi connectivity index (χ0n) is 12.3. The van der Waals surface area contributed by atoms with Gasteiger partial charge in [-0.15, -0.1) is 0 Å². The molecule has 1 aliphatic heterocycles. The topological polar surface area (TPSA) is 15.3 Å². The number of halogens is 2. The molecule has 4 heteroatoms. The summed E-state index contributed by atoms with van der Waals surface area (Å²) in [5.41, 5.74) is 2.27. The highest BCUT2D eigenvalue weighted by molar-refractivity contribution is 5.27. The highest BCUT2D eigenvalue weighted by Crippen LogP contribution is 2.28. The lowest BCUT2D eigenvalue weighted by Crippen LogP contribution is -2.45. The second kappa shape index (κ2) is 7.14. The molecule has 0 spiro atoms. The Morgan fingerprint density at radius 2 is 1.60 bits per heavy atom. The first-order valence-electron chi connectivity index (χ1n) is 7.40. The number of nitrogens with zero attached hydrogens (tertiary/aromatic N) is 1. The second-order valence-electron chi connectivity index (χ2n) is 5.75. The van der Waals surface area contributed by atoms with Crippen molar-refractivity contribution >= 4 is 0 Å². The molecule has 1 aromatic carbocycles. The average molecular weight is 282 g/mol. The molecule has 1 heterocycles. The Morgan fingerprint density at radius 1 is 1.05 bits per heavy atom. The van der Waals surface area contributed by atoms with Crippen LogP contribution in [0, 0.1) is 0 Å². The fourth-order valence-corrected chi connectivity index (χ4v) is 2.76. The number of rotatable bonds is 5. The van der Waals surface area contributed by atoms with E-state index in [0.717, 1.165) is 31.7 Å². The van der Waals surface area contributed by atoms with Crippen LogP contribution < -0.4 is 5.32 Å². The predicted octanol–water partition coefficient (Wildman–Crippen LogP) is 3.41. The Labute approximate surface area is 120 Å². The van der Waals surface area contributed by atoms with Crippen molar-refractivity contribution in [2.75, 3.05) is 26.2 Å². The Balaban J connectivity index is 2.16. The largest absolute Gasteiger partial charge is 0.314 e. The van der Waals surface area contributed by atoms with Crippen LogP contribution in [0.4, 0.5) is 8.78 Å². The molecule has 2 nitrogen and oxygen atoms in total. The summed E-state index contributed by atoms with van der Waals surface area (Å²) >= 11 is 0. The SMILES string of the molecule is CC(C)c1ccc([C@@H](CC(F)F)N2CCNCC2)cc1. The minimum Gasteiger partial charge on any atom is -0.314 e. The summed E-state index contributed by atoms with van der Waals surface area (Å²) < 4.78 is 25.8. The van der Waals surface area contributed by atoms with Crippen molar-refractivity contribution < 1.29 is 8.78 Å². The average Bonchev–Trinajstić information content (AvgIpc) is 2.45. The van der Waals surface area contributed by atoms with Crippen molar-refractivity contribution in [2.24, 2.45) is 0 Å². The van der Waals surface area contributed by atoms with Crippen LogP contribution in [-0.2, 0) is 0 Å². The summed E-state index contributed by atoms with van der Waals surface area (Å²) in [6.07, 6.45) is -2.35. The van der Waals surface area contributed by atoms with E-state index in [1.807, 2.05) is 12.1 Å². The molecule has 1 atom stereocenters. The number of hydrogen-bond donors (Lipinski definition) is 1. The van der Waals surface area contributed by atoms with Gasteiger partial charge in [0, 0.05) is 38.6 Å². The van der Waals surface area contributed by atoms with Gasteiger partial charge in [0.1, 0.15) is 0 Å². The summed E-state index contributed by atoms with van der Waals surface area (Å²) in [5.74, 6) is 0.469. The molecule has 1 aromatic rings. The van der Waals surface area contributed by atoms with Gasteiger partial charge < -0.3 is 5.32 Å². The first-order chi connectivity index (χ1) is 9.58. The van der Waals surface area contributed by atoms with E-state index in [4.69, 9.17) is 0 Å². The maximum Gasteiger partial charge on any atom is 0.240 e. The smallest absolute Gasteiger partial charge is 0.240 e. The monoisotopic (exact) mass is 282 g/mol. The second-order valence-corrected chi connectivity index (χ2v) is 5.75. The van der Waals surface area contributed by atoms with E-state index in [1.54, 1.807) is 0 Å². The van der Waals surface area contributed by atoms with Crippen LogP contribution in [-0.4, -0.2) is 37.5 Å². The molecule has 20 heavy (non-hydrogen) atoms. The van der Waals surface area contributed by atoms with Crippen molar-refractivity contribution in [3.8, 4) is 0 Å². The molecule has 1 saturated heterocycles. The summed E-state index contributed by atoms with van der Waals surface area (Å²) in [5, 5.41) is 3.27. The van der Waals surface area contributed by atoms with E-state index < -0.39 is 6.43 Å². The van der Waals surface area contributed by atoms with Crippen LogP contribution in [0.2, 0.25) is 0 Å². The molecule has 1 aliphatic rings. The standard InChI is InChI=1S/C16H24F2N2/c1-12(2)13-3-5-14(6-4-13)15(11-16(17)18)20-9-7-19-8-10-20/h3-6,12,15-16,19H,7-11H2,1-2H3/t15-/m1/s1. The number of nitrogens with one attached hydrogen (secondary N) is 1. The maximum atomic E-state index is 12.9. The normalized spacial score (nSPS) is 18.7. The molecular formula is C16H24F2N2. The maximum absolute atomic E-state index is 12.9. The van der Waals surface area contributed by atoms with Crippen molar-refractivity contribution in [1.82, 2.24) is 10.2 Å². The van der Waals surface area contributed by atoms with Gasteiger partial charge in [0.05, 0.1) is 0 Å². The Morgan fingerprint density at radius 3 is 2.10 bits per heavy atom. The van der Waals surface area contributed by atoms with E-state index in [2.05, 4.69) is 36.2 Å². The number of hydrogen-bond acceptors (Lipinski definition) is 2. The highest BCUT2D eigenvalue weighted by atomic mass is 19.3. The molecule has 0 aromatic heterocycles. The van der Waals surface area contributed by atoms with E-state index in [0.29, 0.717) is 5.92 Å². The molecule has 2 rings (SSSR count). The van der Waals surface area contributed by atoms with Crippen molar-refractivity contribution in [1.29, 1.82) is 0 Å². The van der Waals surface area contributed by atoms with E-state index in [1.165, 1.54) is 5.56 Å². The van der Waals surface area contributed by atoms with Crippen LogP contribution in [0.15, 0.2) is 24.3 Å². The highest BCUT2D eigenvalue weighted by Gasteiger charge is 2.25. The van der Waals surface area contributed by atoms with Crippen LogP contribution in [0.1, 0.15) is 43.4 Å². The lowest BCUT2D eigenvalue weighted by Gasteiger charge is -2.35. The Bertz CT molecular complexity index is 397. The van der Waals surface area contributed by atoms with Crippen LogP contribution >= 0.6 is 0 Å². The van der Waals surface area contributed by atoms with Crippen LogP contribution in [0.25, 0.3) is 0 Å². The van der Waals surface area contributed by atoms with E-state index in [9.17, 15) is 8.78 Å². The van der Waals surface area contributed by atoms with Gasteiger partial charge in [0.2, 0.25) is 6.43 Å². The van der Waals surface area contributed by atoms with Gasteiger partial charge in [0.25, 0.3) is 0 Å². The molecular weight excluding hydrogens is 258 g/mol. The third-order valence-corrected chi connectivity index (χ3v) is 3.98. The first kappa shape index (κ1) is 15.4. The zero-order valence-corrected chi connectivity index (χ0v) is 12.3. The van der Waals surface area contributed by atoms with Gasteiger partial charge in [-0.1, -0.05) is 38.1 Å². The van der Waals surface area contributed by atoms with Gasteiger partial charge in [-0.3, -0.25) is 4.90 Å². The molecule has 0 saturated carbocycles.